The number of carbonyl (C=O) groups excluding carboxylic acids is 1. The average Bonchev–Trinajstić information content (AvgIpc) is 2.34. The van der Waals surface area contributed by atoms with Crippen molar-refractivity contribution in [1.29, 1.82) is 0 Å². The Morgan fingerprint density at radius 1 is 1.59 bits per heavy atom. The fourth-order valence-electron chi connectivity index (χ4n) is 1.17. The van der Waals surface area contributed by atoms with Gasteiger partial charge in [0.1, 0.15) is 6.61 Å². The molecule has 1 rings (SSSR count). The van der Waals surface area contributed by atoms with E-state index in [9.17, 15) is 14.9 Å². The third-order valence-corrected chi connectivity index (χ3v) is 1.94. The molecule has 90 valence electrons. The normalized spacial score (nSPS) is 9.47. The summed E-state index contributed by atoms with van der Waals surface area (Å²) < 4.78 is 9.63. The first-order valence-corrected chi connectivity index (χ1v) is 4.70. The molecule has 0 bridgehead atoms. The van der Waals surface area contributed by atoms with Gasteiger partial charge in [-0.15, -0.1) is 0 Å². The summed E-state index contributed by atoms with van der Waals surface area (Å²) in [6.45, 7) is 3.49. The maximum atomic E-state index is 11.5. The largest absolute Gasteiger partial charge is 0.490 e. The molecule has 0 saturated carbocycles. The third kappa shape index (κ3) is 3.04. The van der Waals surface area contributed by atoms with E-state index in [1.807, 2.05) is 0 Å². The smallest absolute Gasteiger partial charge is 0.338 e. The minimum Gasteiger partial charge on any atom is -0.490 e. The Bertz CT molecular complexity index is 455. The van der Waals surface area contributed by atoms with Crippen LogP contribution >= 0.6 is 0 Å². The molecule has 6 heteroatoms. The van der Waals surface area contributed by atoms with Gasteiger partial charge in [0.2, 0.25) is 0 Å². The lowest BCUT2D eigenvalue weighted by Crippen LogP contribution is -2.06. The summed E-state index contributed by atoms with van der Waals surface area (Å²) in [5.41, 5.74) is -0.0120. The van der Waals surface area contributed by atoms with Gasteiger partial charge in [-0.1, -0.05) is 12.7 Å². The lowest BCUT2D eigenvalue weighted by Gasteiger charge is -2.05. The zero-order chi connectivity index (χ0) is 12.8. The Morgan fingerprint density at radius 3 is 2.82 bits per heavy atom. The average molecular weight is 237 g/mol. The minimum absolute atomic E-state index is 0.0167. The SMILES string of the molecule is C=CCOC(=O)c1ccc([N+](=O)[O-])c(OC)c1. The molecule has 0 atom stereocenters. The zero-order valence-electron chi connectivity index (χ0n) is 9.21. The van der Waals surface area contributed by atoms with Gasteiger partial charge in [-0.3, -0.25) is 10.1 Å². The highest BCUT2D eigenvalue weighted by Crippen LogP contribution is 2.27. The molecule has 0 spiro atoms. The van der Waals surface area contributed by atoms with Gasteiger partial charge >= 0.3 is 11.7 Å². The van der Waals surface area contributed by atoms with Crippen LogP contribution in [0.15, 0.2) is 30.9 Å². The highest BCUT2D eigenvalue weighted by Gasteiger charge is 2.17. The third-order valence-electron chi connectivity index (χ3n) is 1.94. The molecule has 0 heterocycles. The first-order chi connectivity index (χ1) is 8.10. The standard InChI is InChI=1S/C11H11NO5/c1-3-6-17-11(13)8-4-5-9(12(14)15)10(7-8)16-2/h3-5,7H,1,6H2,2H3. The van der Waals surface area contributed by atoms with E-state index in [1.54, 1.807) is 0 Å². The Labute approximate surface area is 97.6 Å². The fraction of sp³-hybridized carbons (Fsp3) is 0.182. The van der Waals surface area contributed by atoms with Crippen LogP contribution in [0.4, 0.5) is 5.69 Å². The second-order valence-corrected chi connectivity index (χ2v) is 3.03. The van der Waals surface area contributed by atoms with Crippen LogP contribution in [-0.2, 0) is 4.74 Å². The number of hydrogen-bond acceptors (Lipinski definition) is 5. The van der Waals surface area contributed by atoms with Crippen molar-refractivity contribution in [3.05, 3.63) is 46.5 Å². The second kappa shape index (κ2) is 5.64. The number of nitro groups is 1. The van der Waals surface area contributed by atoms with Gasteiger partial charge < -0.3 is 9.47 Å². The number of rotatable bonds is 5. The van der Waals surface area contributed by atoms with E-state index in [0.717, 1.165) is 0 Å². The summed E-state index contributed by atoms with van der Waals surface area (Å²) in [5, 5.41) is 10.6. The molecule has 0 unspecified atom stereocenters. The molecule has 0 radical (unpaired) electrons. The second-order valence-electron chi connectivity index (χ2n) is 3.03. The quantitative estimate of drug-likeness (QED) is 0.338. The number of esters is 1. The van der Waals surface area contributed by atoms with Gasteiger partial charge in [-0.2, -0.15) is 0 Å². The molecule has 0 saturated heterocycles. The molecule has 1 aromatic carbocycles. The molecule has 0 fully saturated rings. The summed E-state index contributed by atoms with van der Waals surface area (Å²) in [4.78, 5) is 21.5. The summed E-state index contributed by atoms with van der Waals surface area (Å²) in [5.74, 6) is -0.568. The van der Waals surface area contributed by atoms with E-state index >= 15 is 0 Å². The van der Waals surface area contributed by atoms with Crippen molar-refractivity contribution in [3.8, 4) is 5.75 Å². The van der Waals surface area contributed by atoms with E-state index in [2.05, 4.69) is 6.58 Å². The van der Waals surface area contributed by atoms with E-state index in [4.69, 9.17) is 9.47 Å². The van der Waals surface area contributed by atoms with E-state index in [-0.39, 0.29) is 23.6 Å². The molecule has 17 heavy (non-hydrogen) atoms. The maximum absolute atomic E-state index is 11.5. The van der Waals surface area contributed by atoms with E-state index in [1.165, 1.54) is 31.4 Å². The van der Waals surface area contributed by atoms with Crippen molar-refractivity contribution in [2.24, 2.45) is 0 Å². The number of hydrogen-bond donors (Lipinski definition) is 0. The van der Waals surface area contributed by atoms with Crippen LogP contribution in [-0.4, -0.2) is 24.6 Å². The van der Waals surface area contributed by atoms with Crippen LogP contribution in [0.25, 0.3) is 0 Å². The molecular weight excluding hydrogens is 226 g/mol. The highest BCUT2D eigenvalue weighted by molar-refractivity contribution is 5.90. The first-order valence-electron chi connectivity index (χ1n) is 4.70. The molecule has 6 nitrogen and oxygen atoms in total. The Balaban J connectivity index is 3.00. The van der Waals surface area contributed by atoms with Crippen LogP contribution in [0.5, 0.6) is 5.75 Å². The van der Waals surface area contributed by atoms with Crippen LogP contribution in [0.3, 0.4) is 0 Å². The Morgan fingerprint density at radius 2 is 2.29 bits per heavy atom. The van der Waals surface area contributed by atoms with Crippen LogP contribution in [0.2, 0.25) is 0 Å². The monoisotopic (exact) mass is 237 g/mol. The van der Waals surface area contributed by atoms with E-state index < -0.39 is 10.9 Å². The summed E-state index contributed by atoms with van der Waals surface area (Å²) in [7, 11) is 1.29. The number of carbonyl (C=O) groups is 1. The van der Waals surface area contributed by atoms with Crippen molar-refractivity contribution in [2.75, 3.05) is 13.7 Å². The molecular formula is C11H11NO5. The number of benzene rings is 1. The highest BCUT2D eigenvalue weighted by atomic mass is 16.6. The molecule has 0 aliphatic heterocycles. The van der Waals surface area contributed by atoms with Crippen LogP contribution < -0.4 is 4.74 Å². The molecule has 0 amide bonds. The van der Waals surface area contributed by atoms with Crippen LogP contribution in [0, 0.1) is 10.1 Å². The summed E-state index contributed by atoms with van der Waals surface area (Å²) in [6, 6.07) is 3.78. The van der Waals surface area contributed by atoms with Gasteiger partial charge in [0, 0.05) is 12.1 Å². The van der Waals surface area contributed by atoms with Crippen molar-refractivity contribution >= 4 is 11.7 Å². The van der Waals surface area contributed by atoms with Crippen molar-refractivity contribution in [2.45, 2.75) is 0 Å². The van der Waals surface area contributed by atoms with Crippen LogP contribution in [0.1, 0.15) is 10.4 Å². The van der Waals surface area contributed by atoms with Gasteiger partial charge in [-0.25, -0.2) is 4.79 Å². The maximum Gasteiger partial charge on any atom is 0.338 e. The number of nitro benzene ring substituents is 1. The Hall–Kier alpha value is -2.37. The van der Waals surface area contributed by atoms with Gasteiger partial charge in [0.05, 0.1) is 17.6 Å². The number of nitrogens with zero attached hydrogens (tertiary/aromatic N) is 1. The summed E-state index contributed by atoms with van der Waals surface area (Å²) in [6.07, 6.45) is 1.43. The zero-order valence-corrected chi connectivity index (χ0v) is 9.21. The number of methoxy groups -OCH3 is 1. The fourth-order valence-corrected chi connectivity index (χ4v) is 1.17. The Kier molecular flexibility index (Phi) is 4.21. The molecule has 0 aliphatic rings. The van der Waals surface area contributed by atoms with Crippen molar-refractivity contribution in [1.82, 2.24) is 0 Å². The minimum atomic E-state index is -0.586. The van der Waals surface area contributed by atoms with Crippen molar-refractivity contribution in [3.63, 3.8) is 0 Å². The van der Waals surface area contributed by atoms with E-state index in [0.29, 0.717) is 0 Å². The topological polar surface area (TPSA) is 78.7 Å². The van der Waals surface area contributed by atoms with Gasteiger partial charge in [0.25, 0.3) is 0 Å². The first kappa shape index (κ1) is 12.7. The molecule has 0 N–H and O–H groups in total. The summed E-state index contributed by atoms with van der Waals surface area (Å²) >= 11 is 0. The van der Waals surface area contributed by atoms with Crippen molar-refractivity contribution < 1.29 is 19.2 Å². The number of ether oxygens (including phenoxy) is 2. The molecule has 1 aromatic rings. The molecule has 0 aromatic heterocycles. The molecule has 0 aliphatic carbocycles. The van der Waals surface area contributed by atoms with Gasteiger partial charge in [0.15, 0.2) is 5.75 Å². The lowest BCUT2D eigenvalue weighted by molar-refractivity contribution is -0.385. The van der Waals surface area contributed by atoms with Gasteiger partial charge in [-0.05, 0) is 6.07 Å². The lowest BCUT2D eigenvalue weighted by atomic mass is 10.2. The predicted molar refractivity (Wildman–Crippen MR) is 60.1 cm³/mol. The predicted octanol–water partition coefficient (Wildman–Crippen LogP) is 1.95.